The normalized spacial score (nSPS) is 10.8. The molecule has 0 aliphatic carbocycles. The summed E-state index contributed by atoms with van der Waals surface area (Å²) in [7, 11) is 0. The number of hydrogen-bond acceptors (Lipinski definition) is 4. The van der Waals surface area contributed by atoms with E-state index in [4.69, 9.17) is 9.47 Å². The first kappa shape index (κ1) is 13.9. The lowest BCUT2D eigenvalue weighted by Crippen LogP contribution is -2.13. The summed E-state index contributed by atoms with van der Waals surface area (Å²) in [5.74, 6) is 0.651. The molecule has 1 N–H and O–H groups in total. The van der Waals surface area contributed by atoms with Gasteiger partial charge in [-0.2, -0.15) is 0 Å². The molecule has 0 fully saturated rings. The van der Waals surface area contributed by atoms with Gasteiger partial charge < -0.3 is 14.8 Å². The second-order valence-electron chi connectivity index (χ2n) is 4.05. The number of ether oxygens (including phenoxy) is 2. The van der Waals surface area contributed by atoms with Crippen LogP contribution in [0.15, 0.2) is 18.3 Å². The van der Waals surface area contributed by atoms with Gasteiger partial charge in [-0.05, 0) is 26.0 Å². The van der Waals surface area contributed by atoms with Crippen LogP contribution in [0, 0.1) is 0 Å². The third-order valence-electron chi connectivity index (χ3n) is 2.16. The van der Waals surface area contributed by atoms with Gasteiger partial charge in [0.25, 0.3) is 0 Å². The summed E-state index contributed by atoms with van der Waals surface area (Å²) in [6.45, 7) is 9.04. The summed E-state index contributed by atoms with van der Waals surface area (Å²) < 4.78 is 10.8. The maximum absolute atomic E-state index is 5.46. The highest BCUT2D eigenvalue weighted by atomic mass is 16.5. The minimum absolute atomic E-state index is 0.244. The molecule has 1 aromatic heterocycles. The fourth-order valence-corrected chi connectivity index (χ4v) is 1.30. The zero-order valence-corrected chi connectivity index (χ0v) is 10.9. The van der Waals surface area contributed by atoms with Crippen molar-refractivity contribution in [2.45, 2.75) is 33.4 Å². The smallest absolute Gasteiger partial charge is 0.213 e. The van der Waals surface area contributed by atoms with Gasteiger partial charge in [-0.1, -0.05) is 13.0 Å². The Balaban J connectivity index is 2.25. The minimum atomic E-state index is 0.244. The van der Waals surface area contributed by atoms with Gasteiger partial charge in [0, 0.05) is 18.8 Å². The molecule has 0 atom stereocenters. The SMILES string of the molecule is CCNCc1ccc(OCCOC(C)C)nc1. The summed E-state index contributed by atoms with van der Waals surface area (Å²) in [6, 6.07) is 3.91. The van der Waals surface area contributed by atoms with Crippen LogP contribution in [0.25, 0.3) is 0 Å². The second kappa shape index (κ2) is 8.03. The van der Waals surface area contributed by atoms with E-state index in [9.17, 15) is 0 Å². The summed E-state index contributed by atoms with van der Waals surface area (Å²) in [5.41, 5.74) is 1.16. The first-order valence-corrected chi connectivity index (χ1v) is 6.12. The topological polar surface area (TPSA) is 43.4 Å². The van der Waals surface area contributed by atoms with Crippen LogP contribution in [0.5, 0.6) is 5.88 Å². The number of nitrogens with zero attached hydrogens (tertiary/aromatic N) is 1. The van der Waals surface area contributed by atoms with Crippen molar-refractivity contribution in [2.75, 3.05) is 19.8 Å². The van der Waals surface area contributed by atoms with Crippen LogP contribution in [0.1, 0.15) is 26.3 Å². The van der Waals surface area contributed by atoms with Crippen molar-refractivity contribution >= 4 is 0 Å². The predicted molar refractivity (Wildman–Crippen MR) is 68.2 cm³/mol. The van der Waals surface area contributed by atoms with E-state index in [0.717, 1.165) is 18.7 Å². The maximum Gasteiger partial charge on any atom is 0.213 e. The Morgan fingerprint density at radius 3 is 2.71 bits per heavy atom. The summed E-state index contributed by atoms with van der Waals surface area (Å²) in [4.78, 5) is 4.23. The lowest BCUT2D eigenvalue weighted by molar-refractivity contribution is 0.0542. The number of nitrogens with one attached hydrogen (secondary N) is 1. The molecular weight excluding hydrogens is 216 g/mol. The van der Waals surface area contributed by atoms with Crippen molar-refractivity contribution in [2.24, 2.45) is 0 Å². The largest absolute Gasteiger partial charge is 0.475 e. The Labute approximate surface area is 103 Å². The molecule has 0 saturated heterocycles. The Kier molecular flexibility index (Phi) is 6.58. The first-order chi connectivity index (χ1) is 8.22. The molecule has 1 aromatic rings. The second-order valence-corrected chi connectivity index (χ2v) is 4.05. The molecule has 0 bridgehead atoms. The van der Waals surface area contributed by atoms with E-state index >= 15 is 0 Å². The molecule has 0 amide bonds. The van der Waals surface area contributed by atoms with Crippen molar-refractivity contribution in [1.29, 1.82) is 0 Å². The molecule has 1 rings (SSSR count). The molecule has 4 heteroatoms. The van der Waals surface area contributed by atoms with E-state index in [-0.39, 0.29) is 6.10 Å². The van der Waals surface area contributed by atoms with Gasteiger partial charge in [-0.3, -0.25) is 0 Å². The number of aromatic nitrogens is 1. The van der Waals surface area contributed by atoms with Gasteiger partial charge in [0.2, 0.25) is 5.88 Å². The summed E-state index contributed by atoms with van der Waals surface area (Å²) >= 11 is 0. The van der Waals surface area contributed by atoms with Crippen LogP contribution in [0.3, 0.4) is 0 Å². The summed E-state index contributed by atoms with van der Waals surface area (Å²) in [5, 5.41) is 3.25. The van der Waals surface area contributed by atoms with Gasteiger partial charge in [0.15, 0.2) is 0 Å². The Hall–Kier alpha value is -1.13. The van der Waals surface area contributed by atoms with Gasteiger partial charge in [-0.25, -0.2) is 4.98 Å². The van der Waals surface area contributed by atoms with Crippen LogP contribution in [-0.2, 0) is 11.3 Å². The number of pyridine rings is 1. The number of hydrogen-bond donors (Lipinski definition) is 1. The van der Waals surface area contributed by atoms with Crippen molar-refractivity contribution in [3.63, 3.8) is 0 Å². The van der Waals surface area contributed by atoms with E-state index in [1.54, 1.807) is 0 Å². The highest BCUT2D eigenvalue weighted by molar-refractivity contribution is 5.17. The Morgan fingerprint density at radius 1 is 1.29 bits per heavy atom. The first-order valence-electron chi connectivity index (χ1n) is 6.12. The van der Waals surface area contributed by atoms with E-state index in [1.807, 2.05) is 32.2 Å². The van der Waals surface area contributed by atoms with Crippen molar-refractivity contribution in [1.82, 2.24) is 10.3 Å². The van der Waals surface area contributed by atoms with Gasteiger partial charge in [0.05, 0.1) is 12.7 Å². The molecule has 0 radical (unpaired) electrons. The van der Waals surface area contributed by atoms with Crippen LogP contribution in [0.4, 0.5) is 0 Å². The standard InChI is InChI=1S/C13H22N2O2/c1-4-14-9-12-5-6-13(15-10-12)17-8-7-16-11(2)3/h5-6,10-11,14H,4,7-9H2,1-3H3. The molecule has 1 heterocycles. The van der Waals surface area contributed by atoms with Crippen molar-refractivity contribution < 1.29 is 9.47 Å². The van der Waals surface area contributed by atoms with E-state index < -0.39 is 0 Å². The average Bonchev–Trinajstić information content (AvgIpc) is 2.33. The maximum atomic E-state index is 5.46. The lowest BCUT2D eigenvalue weighted by atomic mass is 10.3. The van der Waals surface area contributed by atoms with Crippen molar-refractivity contribution in [3.05, 3.63) is 23.9 Å². The molecular formula is C13H22N2O2. The van der Waals surface area contributed by atoms with Gasteiger partial charge in [0.1, 0.15) is 6.61 Å². The van der Waals surface area contributed by atoms with Gasteiger partial charge >= 0.3 is 0 Å². The Morgan fingerprint density at radius 2 is 2.12 bits per heavy atom. The van der Waals surface area contributed by atoms with E-state index in [2.05, 4.69) is 17.2 Å². The molecule has 17 heavy (non-hydrogen) atoms. The third-order valence-corrected chi connectivity index (χ3v) is 2.16. The van der Waals surface area contributed by atoms with E-state index in [0.29, 0.717) is 19.1 Å². The van der Waals surface area contributed by atoms with Crippen LogP contribution in [-0.4, -0.2) is 30.8 Å². The van der Waals surface area contributed by atoms with Crippen LogP contribution in [0.2, 0.25) is 0 Å². The zero-order chi connectivity index (χ0) is 12.5. The van der Waals surface area contributed by atoms with Crippen LogP contribution < -0.4 is 10.1 Å². The van der Waals surface area contributed by atoms with Crippen LogP contribution >= 0.6 is 0 Å². The van der Waals surface area contributed by atoms with Crippen molar-refractivity contribution in [3.8, 4) is 5.88 Å². The molecule has 0 aromatic carbocycles. The highest BCUT2D eigenvalue weighted by Gasteiger charge is 1.98. The predicted octanol–water partition coefficient (Wildman–Crippen LogP) is 1.99. The highest BCUT2D eigenvalue weighted by Crippen LogP contribution is 2.07. The molecule has 4 nitrogen and oxygen atoms in total. The molecule has 96 valence electrons. The molecule has 0 spiro atoms. The fraction of sp³-hybridized carbons (Fsp3) is 0.615. The molecule has 0 aliphatic heterocycles. The fourth-order valence-electron chi connectivity index (χ4n) is 1.30. The lowest BCUT2D eigenvalue weighted by Gasteiger charge is -2.09. The third kappa shape index (κ3) is 6.24. The van der Waals surface area contributed by atoms with Gasteiger partial charge in [-0.15, -0.1) is 0 Å². The number of rotatable bonds is 8. The minimum Gasteiger partial charge on any atom is -0.475 e. The monoisotopic (exact) mass is 238 g/mol. The molecule has 0 aliphatic rings. The Bertz CT molecular complexity index is 299. The quantitative estimate of drug-likeness (QED) is 0.703. The summed E-state index contributed by atoms with van der Waals surface area (Å²) in [6.07, 6.45) is 2.08. The van der Waals surface area contributed by atoms with E-state index in [1.165, 1.54) is 0 Å². The molecule has 0 unspecified atom stereocenters. The zero-order valence-electron chi connectivity index (χ0n) is 10.9. The average molecular weight is 238 g/mol. The molecule has 0 saturated carbocycles.